The van der Waals surface area contributed by atoms with Crippen LogP contribution in [-0.4, -0.2) is 11.9 Å². The summed E-state index contributed by atoms with van der Waals surface area (Å²) >= 11 is 0. The number of para-hydroxylation sites is 1. The summed E-state index contributed by atoms with van der Waals surface area (Å²) in [6, 6.07) is 7.88. The maximum atomic E-state index is 11.5. The predicted octanol–water partition coefficient (Wildman–Crippen LogP) is 2.85. The van der Waals surface area contributed by atoms with E-state index in [1.54, 1.807) is 0 Å². The highest BCUT2D eigenvalue weighted by Crippen LogP contribution is 2.19. The summed E-state index contributed by atoms with van der Waals surface area (Å²) in [5, 5.41) is 0. The number of benzene rings is 1. The second-order valence-electron chi connectivity index (χ2n) is 4.24. The monoisotopic (exact) mass is 219 g/mol. The van der Waals surface area contributed by atoms with Gasteiger partial charge in [-0.05, 0) is 37.8 Å². The fourth-order valence-corrected chi connectivity index (χ4v) is 1.90. The number of nitrogens with one attached hydrogen (secondary N) is 1. The third-order valence-corrected chi connectivity index (χ3v) is 2.95. The molecule has 1 aromatic carbocycles. The highest BCUT2D eigenvalue weighted by atomic mass is 16.7. The largest absolute Gasteiger partial charge is 0.297 e. The van der Waals surface area contributed by atoms with E-state index >= 15 is 0 Å². The van der Waals surface area contributed by atoms with Gasteiger partial charge in [-0.3, -0.25) is 15.1 Å². The minimum atomic E-state index is -0.270. The van der Waals surface area contributed by atoms with Crippen molar-refractivity contribution in [2.45, 2.75) is 38.7 Å². The van der Waals surface area contributed by atoms with Crippen molar-refractivity contribution in [3.63, 3.8) is 0 Å². The second kappa shape index (κ2) is 5.12. The Bertz CT molecular complexity index is 376. The van der Waals surface area contributed by atoms with Crippen molar-refractivity contribution in [2.24, 2.45) is 0 Å². The summed E-state index contributed by atoms with van der Waals surface area (Å²) in [5.74, 6) is 0.215. The van der Waals surface area contributed by atoms with Crippen molar-refractivity contribution in [1.82, 2.24) is 0 Å². The van der Waals surface area contributed by atoms with Crippen LogP contribution in [0.25, 0.3) is 0 Å². The van der Waals surface area contributed by atoms with Crippen molar-refractivity contribution in [2.75, 3.05) is 5.48 Å². The molecule has 86 valence electrons. The summed E-state index contributed by atoms with van der Waals surface area (Å²) in [4.78, 5) is 17.0. The van der Waals surface area contributed by atoms with E-state index in [0.29, 0.717) is 6.42 Å². The normalized spacial score (nSPS) is 20.8. The zero-order valence-corrected chi connectivity index (χ0v) is 9.53. The van der Waals surface area contributed by atoms with E-state index in [1.165, 1.54) is 0 Å². The summed E-state index contributed by atoms with van der Waals surface area (Å²) in [7, 11) is 0. The fraction of sp³-hybridized carbons (Fsp3) is 0.462. The van der Waals surface area contributed by atoms with Gasteiger partial charge in [-0.15, -0.1) is 0 Å². The van der Waals surface area contributed by atoms with Gasteiger partial charge in [-0.1, -0.05) is 18.2 Å². The lowest BCUT2D eigenvalue weighted by Crippen LogP contribution is -2.29. The topological polar surface area (TPSA) is 38.3 Å². The van der Waals surface area contributed by atoms with Gasteiger partial charge >= 0.3 is 0 Å². The van der Waals surface area contributed by atoms with Crippen LogP contribution in [-0.2, 0) is 9.63 Å². The first-order valence-corrected chi connectivity index (χ1v) is 5.77. The molecule has 1 N–H and O–H groups in total. The van der Waals surface area contributed by atoms with Gasteiger partial charge in [0.15, 0.2) is 5.78 Å². The van der Waals surface area contributed by atoms with Gasteiger partial charge in [-0.2, -0.15) is 0 Å². The molecule has 0 saturated heterocycles. The van der Waals surface area contributed by atoms with Crippen molar-refractivity contribution in [3.8, 4) is 0 Å². The lowest BCUT2D eigenvalue weighted by molar-refractivity contribution is -0.131. The van der Waals surface area contributed by atoms with Crippen LogP contribution < -0.4 is 5.48 Å². The molecule has 0 amide bonds. The zero-order valence-electron chi connectivity index (χ0n) is 9.53. The maximum absolute atomic E-state index is 11.5. The molecule has 1 saturated carbocycles. The van der Waals surface area contributed by atoms with Crippen LogP contribution in [0.15, 0.2) is 24.3 Å². The SMILES string of the molecule is Cc1ccccc1NO[C@H]1CCCCC1=O. The molecule has 0 unspecified atom stereocenters. The van der Waals surface area contributed by atoms with Crippen LogP contribution in [0.2, 0.25) is 0 Å². The maximum Gasteiger partial charge on any atom is 0.164 e. The molecule has 1 fully saturated rings. The number of ketones is 1. The molecule has 3 nitrogen and oxygen atoms in total. The fourth-order valence-electron chi connectivity index (χ4n) is 1.90. The summed E-state index contributed by atoms with van der Waals surface area (Å²) < 4.78 is 0. The molecule has 0 bridgehead atoms. The van der Waals surface area contributed by atoms with Crippen LogP contribution in [0.1, 0.15) is 31.2 Å². The lowest BCUT2D eigenvalue weighted by Gasteiger charge is -2.21. The van der Waals surface area contributed by atoms with Crippen molar-refractivity contribution in [3.05, 3.63) is 29.8 Å². The molecule has 2 rings (SSSR count). The number of carbonyl (C=O) groups excluding carboxylic acids is 1. The zero-order chi connectivity index (χ0) is 11.4. The number of aryl methyl sites for hydroxylation is 1. The van der Waals surface area contributed by atoms with Crippen molar-refractivity contribution >= 4 is 11.5 Å². The Kier molecular flexibility index (Phi) is 3.57. The first kappa shape index (κ1) is 11.1. The second-order valence-corrected chi connectivity index (χ2v) is 4.24. The minimum Gasteiger partial charge on any atom is -0.297 e. The Hall–Kier alpha value is -1.35. The molecule has 3 heteroatoms. The average Bonchev–Trinajstić information content (AvgIpc) is 2.30. The number of hydrogen-bond donors (Lipinski definition) is 1. The first-order chi connectivity index (χ1) is 7.77. The molecule has 0 spiro atoms. The van der Waals surface area contributed by atoms with Crippen molar-refractivity contribution < 1.29 is 9.63 Å². The summed E-state index contributed by atoms with van der Waals surface area (Å²) in [6.07, 6.45) is 3.29. The van der Waals surface area contributed by atoms with Crippen LogP contribution in [0, 0.1) is 6.92 Å². The smallest absolute Gasteiger partial charge is 0.164 e. The Labute approximate surface area is 95.8 Å². The molecular weight excluding hydrogens is 202 g/mol. The van der Waals surface area contributed by atoms with E-state index in [0.717, 1.165) is 30.5 Å². The highest BCUT2D eigenvalue weighted by molar-refractivity contribution is 5.83. The molecule has 0 heterocycles. The molecule has 16 heavy (non-hydrogen) atoms. The molecule has 1 atom stereocenters. The van der Waals surface area contributed by atoms with E-state index in [1.807, 2.05) is 31.2 Å². The van der Waals surface area contributed by atoms with E-state index in [-0.39, 0.29) is 11.9 Å². The lowest BCUT2D eigenvalue weighted by atomic mass is 9.97. The van der Waals surface area contributed by atoms with Crippen LogP contribution in [0.4, 0.5) is 5.69 Å². The Morgan fingerprint density at radius 2 is 2.12 bits per heavy atom. The van der Waals surface area contributed by atoms with Gasteiger partial charge in [0, 0.05) is 6.42 Å². The third kappa shape index (κ3) is 2.61. The van der Waals surface area contributed by atoms with Crippen LogP contribution >= 0.6 is 0 Å². The molecule has 0 aromatic heterocycles. The van der Waals surface area contributed by atoms with E-state index < -0.39 is 0 Å². The highest BCUT2D eigenvalue weighted by Gasteiger charge is 2.23. The molecule has 1 aliphatic rings. The van der Waals surface area contributed by atoms with Gasteiger partial charge in [0.05, 0.1) is 5.69 Å². The molecule has 1 aliphatic carbocycles. The molecular formula is C13H17NO2. The van der Waals surface area contributed by atoms with Gasteiger partial charge in [-0.25, -0.2) is 0 Å². The number of hydrogen-bond acceptors (Lipinski definition) is 3. The first-order valence-electron chi connectivity index (χ1n) is 5.77. The molecule has 1 aromatic rings. The average molecular weight is 219 g/mol. The number of Topliss-reactive ketones (excluding diaryl/α,β-unsaturated/α-hetero) is 1. The molecule has 0 radical (unpaired) electrons. The van der Waals surface area contributed by atoms with Gasteiger partial charge < -0.3 is 0 Å². The Morgan fingerprint density at radius 3 is 2.88 bits per heavy atom. The van der Waals surface area contributed by atoms with E-state index in [2.05, 4.69) is 5.48 Å². The summed E-state index contributed by atoms with van der Waals surface area (Å²) in [5.41, 5.74) is 4.94. The Balaban J connectivity index is 1.92. The number of carbonyl (C=O) groups is 1. The van der Waals surface area contributed by atoms with E-state index in [4.69, 9.17) is 4.84 Å². The van der Waals surface area contributed by atoms with Gasteiger partial charge in [0.2, 0.25) is 0 Å². The predicted molar refractivity (Wildman–Crippen MR) is 63.1 cm³/mol. The molecule has 0 aliphatic heterocycles. The van der Waals surface area contributed by atoms with Gasteiger partial charge in [0.1, 0.15) is 6.10 Å². The summed E-state index contributed by atoms with van der Waals surface area (Å²) in [6.45, 7) is 2.01. The van der Waals surface area contributed by atoms with Gasteiger partial charge in [0.25, 0.3) is 0 Å². The minimum absolute atomic E-state index is 0.215. The van der Waals surface area contributed by atoms with Crippen LogP contribution in [0.5, 0.6) is 0 Å². The third-order valence-electron chi connectivity index (χ3n) is 2.95. The van der Waals surface area contributed by atoms with Crippen molar-refractivity contribution in [1.29, 1.82) is 0 Å². The van der Waals surface area contributed by atoms with Crippen LogP contribution in [0.3, 0.4) is 0 Å². The standard InChI is InChI=1S/C13H17NO2/c1-10-6-2-3-7-11(10)14-16-13-9-5-4-8-12(13)15/h2-3,6-7,13-14H,4-5,8-9H2,1H3/t13-/m0/s1. The quantitative estimate of drug-likeness (QED) is 0.794. The number of anilines is 1. The number of rotatable bonds is 3. The Morgan fingerprint density at radius 1 is 1.31 bits per heavy atom. The van der Waals surface area contributed by atoms with E-state index in [9.17, 15) is 4.79 Å².